The molecule has 0 aliphatic rings. The maximum absolute atomic E-state index is 5.50. The van der Waals surface area contributed by atoms with E-state index in [1.54, 1.807) is 0 Å². The highest BCUT2D eigenvalue weighted by atomic mass is 14.6. The van der Waals surface area contributed by atoms with Gasteiger partial charge in [0.05, 0.1) is 0 Å². The third-order valence-electron chi connectivity index (χ3n) is 1.68. The molecular weight excluding hydrogens is 134 g/mol. The fraction of sp³-hybridized carbons (Fsp3) is 0.200. The van der Waals surface area contributed by atoms with Crippen LogP contribution in [0.4, 0.5) is 0 Å². The Bertz CT molecular complexity index is 263. The van der Waals surface area contributed by atoms with Crippen molar-refractivity contribution in [2.75, 3.05) is 0 Å². The smallest absolute Gasteiger partial charge is 0.0117 e. The molecular formula is C10H13N. The number of rotatable bonds is 2. The molecule has 1 rings (SSSR count). The molecule has 0 atom stereocenters. The minimum absolute atomic E-state index is 0.722. The van der Waals surface area contributed by atoms with Gasteiger partial charge >= 0.3 is 0 Å². The molecule has 1 aromatic carbocycles. The average molecular weight is 147 g/mol. The number of hydrogen-bond donors (Lipinski definition) is 1. The van der Waals surface area contributed by atoms with Crippen molar-refractivity contribution in [3.63, 3.8) is 0 Å². The number of allylic oxidation sites excluding steroid dienone is 1. The van der Waals surface area contributed by atoms with Crippen molar-refractivity contribution in [1.82, 2.24) is 0 Å². The van der Waals surface area contributed by atoms with Gasteiger partial charge in [-0.05, 0) is 18.1 Å². The van der Waals surface area contributed by atoms with Crippen molar-refractivity contribution < 1.29 is 0 Å². The highest BCUT2D eigenvalue weighted by molar-refractivity contribution is 5.28. The van der Waals surface area contributed by atoms with Gasteiger partial charge in [0.25, 0.3) is 0 Å². The van der Waals surface area contributed by atoms with E-state index in [1.165, 1.54) is 11.1 Å². The van der Waals surface area contributed by atoms with E-state index in [1.807, 2.05) is 12.1 Å². The van der Waals surface area contributed by atoms with Crippen molar-refractivity contribution in [1.29, 1.82) is 0 Å². The van der Waals surface area contributed by atoms with Crippen LogP contribution in [0.5, 0.6) is 0 Å². The van der Waals surface area contributed by atoms with Crippen LogP contribution >= 0.6 is 0 Å². The van der Waals surface area contributed by atoms with Crippen LogP contribution in [0.15, 0.2) is 36.5 Å². The van der Waals surface area contributed by atoms with Crippen LogP contribution < -0.4 is 5.73 Å². The molecule has 0 saturated heterocycles. The lowest BCUT2D eigenvalue weighted by Gasteiger charge is -2.03. The van der Waals surface area contributed by atoms with Crippen molar-refractivity contribution in [2.45, 2.75) is 13.3 Å². The van der Waals surface area contributed by atoms with E-state index in [4.69, 9.17) is 5.73 Å². The minimum atomic E-state index is 0.722. The first-order valence-corrected chi connectivity index (χ1v) is 3.68. The summed E-state index contributed by atoms with van der Waals surface area (Å²) in [5, 5.41) is 0. The zero-order valence-electron chi connectivity index (χ0n) is 6.80. The van der Waals surface area contributed by atoms with Crippen molar-refractivity contribution >= 4 is 0 Å². The second-order valence-corrected chi connectivity index (χ2v) is 2.76. The molecule has 0 spiro atoms. The number of aryl methyl sites for hydroxylation is 1. The highest BCUT2D eigenvalue weighted by Crippen LogP contribution is 2.08. The second kappa shape index (κ2) is 3.24. The van der Waals surface area contributed by atoms with Gasteiger partial charge < -0.3 is 5.73 Å². The lowest BCUT2D eigenvalue weighted by molar-refractivity contribution is 1.10. The molecule has 0 heterocycles. The number of benzene rings is 1. The maximum atomic E-state index is 5.50. The van der Waals surface area contributed by atoms with E-state index in [-0.39, 0.29) is 0 Å². The third kappa shape index (κ3) is 2.11. The van der Waals surface area contributed by atoms with Gasteiger partial charge in [-0.1, -0.05) is 30.8 Å². The molecule has 1 nitrogen and oxygen atoms in total. The fourth-order valence-corrected chi connectivity index (χ4v) is 1.05. The van der Waals surface area contributed by atoms with Gasteiger partial charge in [-0.15, -0.1) is 0 Å². The van der Waals surface area contributed by atoms with Crippen LogP contribution in [-0.2, 0) is 6.42 Å². The summed E-state index contributed by atoms with van der Waals surface area (Å²) in [4.78, 5) is 0. The summed E-state index contributed by atoms with van der Waals surface area (Å²) in [5.41, 5.74) is 8.76. The lowest BCUT2D eigenvalue weighted by Crippen LogP contribution is -2.00. The molecule has 0 bridgehead atoms. The van der Waals surface area contributed by atoms with Crippen molar-refractivity contribution in [3.05, 3.63) is 47.7 Å². The largest absolute Gasteiger partial charge is 0.402 e. The zero-order chi connectivity index (χ0) is 8.27. The molecule has 0 unspecified atom stereocenters. The number of nitrogens with two attached hydrogens (primary N) is 1. The summed E-state index contributed by atoms with van der Waals surface area (Å²) in [6.07, 6.45) is 0.784. The Balaban J connectivity index is 2.86. The topological polar surface area (TPSA) is 26.0 Å². The Morgan fingerprint density at radius 1 is 1.45 bits per heavy atom. The zero-order valence-corrected chi connectivity index (χ0v) is 6.80. The molecule has 0 aliphatic heterocycles. The lowest BCUT2D eigenvalue weighted by atomic mass is 10.1. The van der Waals surface area contributed by atoms with Gasteiger partial charge in [0, 0.05) is 12.1 Å². The molecule has 0 amide bonds. The van der Waals surface area contributed by atoms with Gasteiger partial charge in [-0.2, -0.15) is 0 Å². The summed E-state index contributed by atoms with van der Waals surface area (Å²) < 4.78 is 0. The van der Waals surface area contributed by atoms with Gasteiger partial charge in [-0.25, -0.2) is 0 Å². The summed E-state index contributed by atoms with van der Waals surface area (Å²) >= 11 is 0. The molecule has 0 fully saturated rings. The molecule has 2 N–H and O–H groups in total. The normalized spacial score (nSPS) is 9.55. The minimum Gasteiger partial charge on any atom is -0.402 e. The van der Waals surface area contributed by atoms with Crippen LogP contribution in [0.25, 0.3) is 0 Å². The van der Waals surface area contributed by atoms with E-state index < -0.39 is 0 Å². The monoisotopic (exact) mass is 147 g/mol. The fourth-order valence-electron chi connectivity index (χ4n) is 1.05. The van der Waals surface area contributed by atoms with Crippen molar-refractivity contribution in [2.24, 2.45) is 5.73 Å². The van der Waals surface area contributed by atoms with E-state index in [9.17, 15) is 0 Å². The molecule has 0 saturated carbocycles. The Labute approximate surface area is 67.5 Å². The summed E-state index contributed by atoms with van der Waals surface area (Å²) in [7, 11) is 0. The molecule has 11 heavy (non-hydrogen) atoms. The molecule has 1 aromatic rings. The van der Waals surface area contributed by atoms with Gasteiger partial charge in [0.2, 0.25) is 0 Å². The van der Waals surface area contributed by atoms with Crippen LogP contribution in [0.1, 0.15) is 11.1 Å². The predicted octanol–water partition coefficient (Wildman–Crippen LogP) is 2.01. The Hall–Kier alpha value is -1.24. The Morgan fingerprint density at radius 2 is 2.09 bits per heavy atom. The third-order valence-corrected chi connectivity index (χ3v) is 1.68. The van der Waals surface area contributed by atoms with Crippen LogP contribution in [0.3, 0.4) is 0 Å². The molecule has 0 radical (unpaired) electrons. The quantitative estimate of drug-likeness (QED) is 0.680. The van der Waals surface area contributed by atoms with Crippen molar-refractivity contribution in [3.8, 4) is 0 Å². The predicted molar refractivity (Wildman–Crippen MR) is 48.2 cm³/mol. The average Bonchev–Trinajstić information content (AvgIpc) is 1.93. The Kier molecular flexibility index (Phi) is 2.32. The summed E-state index contributed by atoms with van der Waals surface area (Å²) in [5.74, 6) is 0. The van der Waals surface area contributed by atoms with Gasteiger partial charge in [0.1, 0.15) is 0 Å². The first-order chi connectivity index (χ1) is 5.20. The maximum Gasteiger partial charge on any atom is 0.0117 e. The molecule has 1 heteroatoms. The number of hydrogen-bond acceptors (Lipinski definition) is 1. The van der Waals surface area contributed by atoms with E-state index in [2.05, 4.69) is 25.6 Å². The SMILES string of the molecule is C=C(N)Cc1ccccc1C. The highest BCUT2D eigenvalue weighted by Gasteiger charge is 1.95. The van der Waals surface area contributed by atoms with Crippen LogP contribution in [-0.4, -0.2) is 0 Å². The first kappa shape index (κ1) is 7.86. The van der Waals surface area contributed by atoms with Crippen LogP contribution in [0.2, 0.25) is 0 Å². The second-order valence-electron chi connectivity index (χ2n) is 2.76. The molecule has 0 aliphatic carbocycles. The van der Waals surface area contributed by atoms with Gasteiger partial charge in [0.15, 0.2) is 0 Å². The molecule has 0 aromatic heterocycles. The first-order valence-electron chi connectivity index (χ1n) is 3.68. The molecule has 58 valence electrons. The summed E-state index contributed by atoms with van der Waals surface area (Å²) in [6.45, 7) is 5.75. The Morgan fingerprint density at radius 3 is 2.64 bits per heavy atom. The van der Waals surface area contributed by atoms with E-state index >= 15 is 0 Å². The summed E-state index contributed by atoms with van der Waals surface area (Å²) in [6, 6.07) is 8.20. The standard InChI is InChI=1S/C10H13N/c1-8-5-3-4-6-10(8)7-9(2)11/h3-6H,2,7,11H2,1H3. The van der Waals surface area contributed by atoms with E-state index in [0.717, 1.165) is 12.1 Å². The van der Waals surface area contributed by atoms with Gasteiger partial charge in [-0.3, -0.25) is 0 Å². The van der Waals surface area contributed by atoms with Crippen LogP contribution in [0, 0.1) is 6.92 Å². The van der Waals surface area contributed by atoms with E-state index in [0.29, 0.717) is 0 Å².